The van der Waals surface area contributed by atoms with Crippen LogP contribution >= 0.6 is 0 Å². The van der Waals surface area contributed by atoms with E-state index in [2.05, 4.69) is 5.10 Å². The molecule has 0 saturated heterocycles. The first kappa shape index (κ1) is 9.21. The highest BCUT2D eigenvalue weighted by atomic mass is 16.1. The maximum atomic E-state index is 11.0. The van der Waals surface area contributed by atoms with Crippen LogP contribution in [-0.4, -0.2) is 22.2 Å². The molecule has 5 nitrogen and oxygen atoms in total. The van der Waals surface area contributed by atoms with Gasteiger partial charge in [0.1, 0.15) is 0 Å². The summed E-state index contributed by atoms with van der Waals surface area (Å²) in [6.45, 7) is 1.48. The van der Waals surface area contributed by atoms with Gasteiger partial charge < -0.3 is 11.5 Å². The Bertz CT molecular complexity index is 358. The van der Waals surface area contributed by atoms with Crippen LogP contribution in [0.2, 0.25) is 0 Å². The number of fused-ring (bicyclic) bond motifs is 1. The number of carbonyl (C=O) groups excluding carboxylic acids is 1. The van der Waals surface area contributed by atoms with Crippen LogP contribution in [0.5, 0.6) is 0 Å². The molecule has 1 aliphatic rings. The molecular formula is C9H14N4O. The molecule has 1 aromatic heterocycles. The molecule has 0 aliphatic carbocycles. The Balaban J connectivity index is 2.29. The zero-order valence-corrected chi connectivity index (χ0v) is 7.94. The molecule has 2 heterocycles. The first-order valence-corrected chi connectivity index (χ1v) is 4.77. The second-order valence-electron chi connectivity index (χ2n) is 3.69. The van der Waals surface area contributed by atoms with Crippen molar-refractivity contribution in [3.05, 3.63) is 17.5 Å². The van der Waals surface area contributed by atoms with Gasteiger partial charge in [0.25, 0.3) is 5.91 Å². The minimum Gasteiger partial charge on any atom is -0.365 e. The van der Waals surface area contributed by atoms with Crippen molar-refractivity contribution in [3.8, 4) is 0 Å². The maximum Gasteiger partial charge on any atom is 0.252 e. The number of primary amides is 1. The molecule has 76 valence electrons. The summed E-state index contributed by atoms with van der Waals surface area (Å²) in [6.07, 6.45) is 3.42. The Morgan fingerprint density at radius 1 is 1.71 bits per heavy atom. The fraction of sp³-hybridized carbons (Fsp3) is 0.556. The standard InChI is InChI=1S/C9H14N4O/c10-3-6-1-2-8-7(9(11)14)4-12-13(8)5-6/h4,6H,1-3,5,10H2,(H2,11,14). The maximum absolute atomic E-state index is 11.0. The molecule has 4 N–H and O–H groups in total. The third-order valence-corrected chi connectivity index (χ3v) is 2.77. The van der Waals surface area contributed by atoms with Gasteiger partial charge in [-0.05, 0) is 25.3 Å². The van der Waals surface area contributed by atoms with E-state index in [0.29, 0.717) is 18.0 Å². The lowest BCUT2D eigenvalue weighted by Gasteiger charge is -2.22. The Morgan fingerprint density at radius 2 is 2.50 bits per heavy atom. The van der Waals surface area contributed by atoms with Crippen molar-refractivity contribution >= 4 is 5.91 Å². The molecular weight excluding hydrogens is 180 g/mol. The van der Waals surface area contributed by atoms with Gasteiger partial charge in [0, 0.05) is 6.54 Å². The molecule has 1 aromatic rings. The predicted molar refractivity (Wildman–Crippen MR) is 51.6 cm³/mol. The molecule has 14 heavy (non-hydrogen) atoms. The molecule has 0 bridgehead atoms. The van der Waals surface area contributed by atoms with E-state index in [9.17, 15) is 4.79 Å². The van der Waals surface area contributed by atoms with Gasteiger partial charge in [0.2, 0.25) is 0 Å². The molecule has 0 radical (unpaired) electrons. The summed E-state index contributed by atoms with van der Waals surface area (Å²) in [6, 6.07) is 0. The lowest BCUT2D eigenvalue weighted by Crippen LogP contribution is -2.28. The van der Waals surface area contributed by atoms with E-state index < -0.39 is 5.91 Å². The van der Waals surface area contributed by atoms with Crippen LogP contribution in [0, 0.1) is 5.92 Å². The normalized spacial score (nSPS) is 20.5. The first-order chi connectivity index (χ1) is 6.72. The third kappa shape index (κ3) is 1.39. The van der Waals surface area contributed by atoms with Gasteiger partial charge in [-0.1, -0.05) is 0 Å². The zero-order chi connectivity index (χ0) is 10.1. The van der Waals surface area contributed by atoms with Crippen molar-refractivity contribution in [2.75, 3.05) is 6.54 Å². The first-order valence-electron chi connectivity index (χ1n) is 4.77. The fourth-order valence-corrected chi connectivity index (χ4v) is 1.91. The van der Waals surface area contributed by atoms with Gasteiger partial charge in [-0.3, -0.25) is 9.48 Å². The summed E-state index contributed by atoms with van der Waals surface area (Å²) in [4.78, 5) is 11.0. The van der Waals surface area contributed by atoms with E-state index in [1.165, 1.54) is 0 Å². The van der Waals surface area contributed by atoms with Crippen LogP contribution in [-0.2, 0) is 13.0 Å². The van der Waals surface area contributed by atoms with Gasteiger partial charge >= 0.3 is 0 Å². The van der Waals surface area contributed by atoms with Gasteiger partial charge in [0.05, 0.1) is 17.5 Å². The quantitative estimate of drug-likeness (QED) is 0.665. The lowest BCUT2D eigenvalue weighted by atomic mass is 9.97. The Labute approximate surface area is 82.1 Å². The predicted octanol–water partition coefficient (Wildman–Crippen LogP) is -0.497. The van der Waals surface area contributed by atoms with E-state index in [4.69, 9.17) is 11.5 Å². The summed E-state index contributed by atoms with van der Waals surface area (Å²) >= 11 is 0. The Hall–Kier alpha value is -1.36. The molecule has 0 aromatic carbocycles. The molecule has 1 atom stereocenters. The van der Waals surface area contributed by atoms with Gasteiger partial charge in [0.15, 0.2) is 0 Å². The van der Waals surface area contributed by atoms with E-state index in [1.807, 2.05) is 4.68 Å². The van der Waals surface area contributed by atoms with Gasteiger partial charge in [-0.2, -0.15) is 5.10 Å². The number of rotatable bonds is 2. The van der Waals surface area contributed by atoms with Crippen molar-refractivity contribution in [1.82, 2.24) is 9.78 Å². The number of hydrogen-bond donors (Lipinski definition) is 2. The highest BCUT2D eigenvalue weighted by molar-refractivity contribution is 5.93. The van der Waals surface area contributed by atoms with E-state index in [0.717, 1.165) is 25.1 Å². The molecule has 1 aliphatic heterocycles. The average Bonchev–Trinajstić information content (AvgIpc) is 2.59. The molecule has 1 amide bonds. The van der Waals surface area contributed by atoms with E-state index in [1.54, 1.807) is 6.20 Å². The topological polar surface area (TPSA) is 86.9 Å². The van der Waals surface area contributed by atoms with Crippen molar-refractivity contribution in [3.63, 3.8) is 0 Å². The number of amides is 1. The summed E-state index contributed by atoms with van der Waals surface area (Å²) in [5.74, 6) is 0.0839. The van der Waals surface area contributed by atoms with Gasteiger partial charge in [-0.25, -0.2) is 0 Å². The van der Waals surface area contributed by atoms with Crippen molar-refractivity contribution < 1.29 is 4.79 Å². The SMILES string of the molecule is NCC1CCc2c(C(N)=O)cnn2C1. The second-order valence-corrected chi connectivity index (χ2v) is 3.69. The van der Waals surface area contributed by atoms with Gasteiger partial charge in [-0.15, -0.1) is 0 Å². The van der Waals surface area contributed by atoms with Crippen LogP contribution < -0.4 is 11.5 Å². The van der Waals surface area contributed by atoms with Crippen LogP contribution in [0.4, 0.5) is 0 Å². The molecule has 0 fully saturated rings. The van der Waals surface area contributed by atoms with Crippen LogP contribution in [0.1, 0.15) is 22.5 Å². The summed E-state index contributed by atoms with van der Waals surface area (Å²) in [7, 11) is 0. The van der Waals surface area contributed by atoms with Crippen LogP contribution in [0.15, 0.2) is 6.20 Å². The number of carbonyl (C=O) groups is 1. The fourth-order valence-electron chi connectivity index (χ4n) is 1.91. The highest BCUT2D eigenvalue weighted by Gasteiger charge is 2.22. The molecule has 0 spiro atoms. The van der Waals surface area contributed by atoms with Crippen molar-refractivity contribution in [2.24, 2.45) is 17.4 Å². The number of nitrogens with two attached hydrogens (primary N) is 2. The molecule has 5 heteroatoms. The van der Waals surface area contributed by atoms with Crippen molar-refractivity contribution in [1.29, 1.82) is 0 Å². The number of aromatic nitrogens is 2. The summed E-state index contributed by atoms with van der Waals surface area (Å²) in [5, 5.41) is 4.14. The van der Waals surface area contributed by atoms with E-state index in [-0.39, 0.29) is 0 Å². The van der Waals surface area contributed by atoms with Crippen LogP contribution in [0.3, 0.4) is 0 Å². The molecule has 1 unspecified atom stereocenters. The monoisotopic (exact) mass is 194 g/mol. The third-order valence-electron chi connectivity index (χ3n) is 2.77. The minimum absolute atomic E-state index is 0.391. The molecule has 2 rings (SSSR count). The van der Waals surface area contributed by atoms with Crippen molar-refractivity contribution in [2.45, 2.75) is 19.4 Å². The van der Waals surface area contributed by atoms with Crippen LogP contribution in [0.25, 0.3) is 0 Å². The number of hydrogen-bond acceptors (Lipinski definition) is 3. The smallest absolute Gasteiger partial charge is 0.252 e. The van der Waals surface area contributed by atoms with E-state index >= 15 is 0 Å². The average molecular weight is 194 g/mol. The Kier molecular flexibility index (Phi) is 2.25. The summed E-state index contributed by atoms with van der Waals surface area (Å²) in [5.41, 5.74) is 12.3. The largest absolute Gasteiger partial charge is 0.365 e. The minimum atomic E-state index is -0.391. The lowest BCUT2D eigenvalue weighted by molar-refractivity contribution is 0.0998. The zero-order valence-electron chi connectivity index (χ0n) is 7.94. The Morgan fingerprint density at radius 3 is 3.14 bits per heavy atom. The molecule has 0 saturated carbocycles. The summed E-state index contributed by atoms with van der Waals surface area (Å²) < 4.78 is 1.85. The highest BCUT2D eigenvalue weighted by Crippen LogP contribution is 2.21. The second kappa shape index (κ2) is 3.42. The number of nitrogens with zero attached hydrogens (tertiary/aromatic N) is 2.